The molecule has 18 heavy (non-hydrogen) atoms. The van der Waals surface area contributed by atoms with Crippen molar-refractivity contribution < 1.29 is 0 Å². The Balaban J connectivity index is 2.24. The molecule has 0 saturated heterocycles. The van der Waals surface area contributed by atoms with Crippen molar-refractivity contribution in [3.05, 3.63) is 27.5 Å². The maximum Gasteiger partial charge on any atom is 0.130 e. The molecule has 1 N–H and O–H groups in total. The second-order valence-corrected chi connectivity index (χ2v) is 5.29. The van der Waals surface area contributed by atoms with E-state index in [1.54, 1.807) is 10.9 Å². The van der Waals surface area contributed by atoms with Gasteiger partial charge in [-0.15, -0.1) is 5.10 Å². The van der Waals surface area contributed by atoms with E-state index in [1.807, 2.05) is 14.0 Å². The van der Waals surface area contributed by atoms with E-state index in [2.05, 4.69) is 26.9 Å². The van der Waals surface area contributed by atoms with Crippen LogP contribution in [0.15, 0.2) is 6.20 Å². The van der Waals surface area contributed by atoms with E-state index in [4.69, 9.17) is 11.6 Å². The van der Waals surface area contributed by atoms with E-state index < -0.39 is 0 Å². The fraction of sp³-hybridized carbons (Fsp3) is 0.545. The minimum absolute atomic E-state index is 0.190. The highest BCUT2D eigenvalue weighted by Crippen LogP contribution is 2.26. The zero-order chi connectivity index (χ0) is 13.1. The van der Waals surface area contributed by atoms with Crippen LogP contribution in [0, 0.1) is 6.92 Å². The first-order valence-corrected chi connectivity index (χ1v) is 6.97. The number of likely N-dealkylation sites (N-methyl/N-ethyl adjacent to an activating group) is 1. The molecule has 2 rings (SSSR count). The van der Waals surface area contributed by atoms with Gasteiger partial charge in [-0.2, -0.15) is 5.10 Å². The van der Waals surface area contributed by atoms with Gasteiger partial charge in [0.05, 0.1) is 16.8 Å². The quantitative estimate of drug-likeness (QED) is 0.914. The van der Waals surface area contributed by atoms with Crippen LogP contribution in [0.4, 0.5) is 0 Å². The van der Waals surface area contributed by atoms with Crippen LogP contribution in [-0.2, 0) is 13.5 Å². The van der Waals surface area contributed by atoms with Crippen LogP contribution >= 0.6 is 23.1 Å². The van der Waals surface area contributed by atoms with Gasteiger partial charge in [-0.25, -0.2) is 0 Å². The molecule has 0 aliphatic rings. The molecule has 0 saturated carbocycles. The number of halogens is 1. The highest BCUT2D eigenvalue weighted by Gasteiger charge is 2.19. The van der Waals surface area contributed by atoms with Crippen molar-refractivity contribution in [1.82, 2.24) is 24.7 Å². The van der Waals surface area contributed by atoms with E-state index in [0.717, 1.165) is 29.1 Å². The van der Waals surface area contributed by atoms with Crippen LogP contribution in [0.1, 0.15) is 29.1 Å². The van der Waals surface area contributed by atoms with E-state index in [1.165, 1.54) is 11.5 Å². The monoisotopic (exact) mass is 285 g/mol. The molecule has 0 fully saturated rings. The molecule has 7 heteroatoms. The molecule has 0 bridgehead atoms. The number of nitrogens with one attached hydrogen (secondary N) is 1. The van der Waals surface area contributed by atoms with Gasteiger partial charge in [-0.1, -0.05) is 23.0 Å². The fourth-order valence-electron chi connectivity index (χ4n) is 1.96. The first-order chi connectivity index (χ1) is 8.63. The molecule has 0 spiro atoms. The van der Waals surface area contributed by atoms with E-state index >= 15 is 0 Å². The predicted molar refractivity (Wildman–Crippen MR) is 73.0 cm³/mol. The van der Waals surface area contributed by atoms with Gasteiger partial charge in [-0.3, -0.25) is 4.68 Å². The van der Waals surface area contributed by atoms with Crippen LogP contribution in [0.5, 0.6) is 0 Å². The van der Waals surface area contributed by atoms with Crippen LogP contribution in [0.3, 0.4) is 0 Å². The molecular weight excluding hydrogens is 270 g/mol. The Morgan fingerprint density at radius 2 is 2.33 bits per heavy atom. The Morgan fingerprint density at radius 1 is 1.56 bits per heavy atom. The second-order valence-electron chi connectivity index (χ2n) is 4.11. The van der Waals surface area contributed by atoms with Crippen LogP contribution in [0.2, 0.25) is 5.15 Å². The lowest BCUT2D eigenvalue weighted by molar-refractivity contribution is 0.556. The van der Waals surface area contributed by atoms with Crippen LogP contribution in [-0.4, -0.2) is 25.9 Å². The molecular formula is C11H16ClN5S. The molecule has 1 atom stereocenters. The average molecular weight is 286 g/mol. The van der Waals surface area contributed by atoms with Crippen molar-refractivity contribution in [2.75, 3.05) is 6.54 Å². The molecule has 0 aliphatic carbocycles. The van der Waals surface area contributed by atoms with E-state index in [9.17, 15) is 0 Å². The predicted octanol–water partition coefficient (Wildman–Crippen LogP) is 2.13. The highest BCUT2D eigenvalue weighted by molar-refractivity contribution is 7.05. The molecule has 0 amide bonds. The lowest BCUT2D eigenvalue weighted by Crippen LogP contribution is -2.22. The summed E-state index contributed by atoms with van der Waals surface area (Å²) >= 11 is 7.68. The maximum atomic E-state index is 6.26. The van der Waals surface area contributed by atoms with E-state index in [-0.39, 0.29) is 6.04 Å². The first-order valence-electron chi connectivity index (χ1n) is 5.82. The molecule has 2 heterocycles. The Hall–Kier alpha value is -0.980. The summed E-state index contributed by atoms with van der Waals surface area (Å²) in [5.74, 6) is 0. The summed E-state index contributed by atoms with van der Waals surface area (Å²) in [7, 11) is 1.86. The third-order valence-corrected chi connectivity index (χ3v) is 4.10. The molecule has 1 unspecified atom stereocenters. The van der Waals surface area contributed by atoms with E-state index in [0.29, 0.717) is 5.15 Å². The second kappa shape index (κ2) is 5.77. The number of rotatable bonds is 5. The maximum absolute atomic E-state index is 6.26. The molecule has 0 aliphatic heterocycles. The summed E-state index contributed by atoms with van der Waals surface area (Å²) in [4.78, 5) is 1.12. The number of aromatic nitrogens is 4. The Labute approximate surface area is 115 Å². The molecule has 2 aromatic rings. The van der Waals surface area contributed by atoms with Gasteiger partial charge in [0, 0.05) is 18.7 Å². The third-order valence-electron chi connectivity index (χ3n) is 2.85. The number of aryl methyl sites for hydroxylation is 2. The summed E-state index contributed by atoms with van der Waals surface area (Å²) in [6, 6.07) is 0.190. The summed E-state index contributed by atoms with van der Waals surface area (Å²) in [6.07, 6.45) is 2.60. The Morgan fingerprint density at radius 3 is 2.83 bits per heavy atom. The lowest BCUT2D eigenvalue weighted by Gasteiger charge is -2.15. The largest absolute Gasteiger partial charge is 0.309 e. The summed E-state index contributed by atoms with van der Waals surface area (Å²) in [5, 5.41) is 12.4. The number of hydrogen-bond donors (Lipinski definition) is 1. The normalized spacial score (nSPS) is 12.9. The summed E-state index contributed by atoms with van der Waals surface area (Å²) in [6.45, 7) is 4.95. The van der Waals surface area contributed by atoms with Gasteiger partial charge < -0.3 is 5.32 Å². The topological polar surface area (TPSA) is 55.6 Å². The van der Waals surface area contributed by atoms with Crippen molar-refractivity contribution in [3.63, 3.8) is 0 Å². The smallest absolute Gasteiger partial charge is 0.130 e. The fourth-order valence-corrected chi connectivity index (χ4v) is 2.79. The molecule has 0 radical (unpaired) electrons. The van der Waals surface area contributed by atoms with Crippen LogP contribution in [0.25, 0.3) is 0 Å². The Bertz CT molecular complexity index is 508. The minimum Gasteiger partial charge on any atom is -0.309 e. The minimum atomic E-state index is 0.190. The third kappa shape index (κ3) is 2.71. The van der Waals surface area contributed by atoms with Gasteiger partial charge in [0.25, 0.3) is 0 Å². The van der Waals surface area contributed by atoms with Crippen molar-refractivity contribution in [1.29, 1.82) is 0 Å². The first kappa shape index (κ1) is 13.5. The lowest BCUT2D eigenvalue weighted by atomic mass is 10.1. The average Bonchev–Trinajstić information content (AvgIpc) is 2.93. The van der Waals surface area contributed by atoms with Crippen molar-refractivity contribution >= 4 is 23.1 Å². The van der Waals surface area contributed by atoms with Crippen molar-refractivity contribution in [3.8, 4) is 0 Å². The number of nitrogens with zero attached hydrogens (tertiary/aromatic N) is 4. The van der Waals surface area contributed by atoms with Gasteiger partial charge in [-0.05, 0) is 31.4 Å². The summed E-state index contributed by atoms with van der Waals surface area (Å²) in [5.41, 5.74) is 2.06. The van der Waals surface area contributed by atoms with Gasteiger partial charge in [0.2, 0.25) is 0 Å². The SMILES string of the molecule is CCNC(Cc1c(C)nn(C)c1Cl)c1cnns1. The van der Waals surface area contributed by atoms with Crippen molar-refractivity contribution in [2.45, 2.75) is 26.3 Å². The molecule has 2 aromatic heterocycles. The standard InChI is InChI=1S/C11H16ClN5S/c1-4-13-9(10-6-14-16-18-10)5-8-7(2)15-17(3)11(8)12/h6,9,13H,4-5H2,1-3H3. The van der Waals surface area contributed by atoms with Crippen molar-refractivity contribution in [2.24, 2.45) is 7.05 Å². The Kier molecular flexibility index (Phi) is 4.31. The molecule has 0 aromatic carbocycles. The molecule has 5 nitrogen and oxygen atoms in total. The van der Waals surface area contributed by atoms with Gasteiger partial charge in [0.15, 0.2) is 0 Å². The number of hydrogen-bond acceptors (Lipinski definition) is 5. The zero-order valence-electron chi connectivity index (χ0n) is 10.6. The highest BCUT2D eigenvalue weighted by atomic mass is 35.5. The summed E-state index contributed by atoms with van der Waals surface area (Å²) < 4.78 is 5.62. The van der Waals surface area contributed by atoms with Crippen LogP contribution < -0.4 is 5.32 Å². The van der Waals surface area contributed by atoms with Gasteiger partial charge >= 0.3 is 0 Å². The van der Waals surface area contributed by atoms with Gasteiger partial charge in [0.1, 0.15) is 5.15 Å². The molecule has 98 valence electrons. The zero-order valence-corrected chi connectivity index (χ0v) is 12.2.